The van der Waals surface area contributed by atoms with Crippen LogP contribution in [-0.4, -0.2) is 44.2 Å². The summed E-state index contributed by atoms with van der Waals surface area (Å²) in [5.41, 5.74) is -1.60. The number of carboxylic acid groups (broad SMARTS) is 1. The van der Waals surface area contributed by atoms with Crippen LogP contribution in [0, 0.1) is 11.8 Å². The fourth-order valence-corrected chi connectivity index (χ4v) is 3.47. The molecule has 1 fully saturated rings. The maximum absolute atomic E-state index is 13.5. The molecular weight excluding hydrogens is 339 g/mol. The summed E-state index contributed by atoms with van der Waals surface area (Å²) in [7, 11) is 0. The molecule has 1 rings (SSSR count). The van der Waals surface area contributed by atoms with Crippen molar-refractivity contribution in [3.05, 3.63) is 36.7 Å². The van der Waals surface area contributed by atoms with Crippen molar-refractivity contribution in [2.75, 3.05) is 0 Å². The van der Waals surface area contributed by atoms with Gasteiger partial charge in [-0.2, -0.15) is 0 Å². The minimum Gasteiger partial charge on any atom is -0.481 e. The van der Waals surface area contributed by atoms with Gasteiger partial charge in [0.15, 0.2) is 0 Å². The van der Waals surface area contributed by atoms with Crippen LogP contribution in [0.2, 0.25) is 0 Å². The van der Waals surface area contributed by atoms with E-state index in [2.05, 4.69) is 6.58 Å². The second-order valence-electron chi connectivity index (χ2n) is 7.07. The van der Waals surface area contributed by atoms with E-state index in [0.29, 0.717) is 19.3 Å². The Kier molecular flexibility index (Phi) is 9.19. The molecule has 5 atom stereocenters. The minimum atomic E-state index is -1.60. The lowest BCUT2D eigenvalue weighted by Gasteiger charge is -2.25. The maximum atomic E-state index is 13.5. The summed E-state index contributed by atoms with van der Waals surface area (Å²) in [5.74, 6) is -2.13. The van der Waals surface area contributed by atoms with Crippen molar-refractivity contribution in [2.24, 2.45) is 11.8 Å². The zero-order valence-corrected chi connectivity index (χ0v) is 15.4. The first kappa shape index (κ1) is 22.5. The molecule has 1 aliphatic carbocycles. The first-order valence-electron chi connectivity index (χ1n) is 9.18. The summed E-state index contributed by atoms with van der Waals surface area (Å²) < 4.78 is 13.5. The predicted octanol–water partition coefficient (Wildman–Crippen LogP) is 3.12. The number of rotatable bonds is 11. The van der Waals surface area contributed by atoms with E-state index in [-0.39, 0.29) is 37.5 Å². The van der Waals surface area contributed by atoms with Gasteiger partial charge in [0.2, 0.25) is 0 Å². The van der Waals surface area contributed by atoms with Crippen molar-refractivity contribution >= 4 is 5.97 Å². The lowest BCUT2D eigenvalue weighted by Crippen LogP contribution is -2.28. The first-order valence-corrected chi connectivity index (χ1v) is 9.18. The zero-order chi connectivity index (χ0) is 19.7. The molecule has 1 unspecified atom stereocenters. The molecule has 6 heteroatoms. The minimum absolute atomic E-state index is 0.0544. The van der Waals surface area contributed by atoms with Gasteiger partial charge in [-0.25, -0.2) is 4.39 Å². The zero-order valence-electron chi connectivity index (χ0n) is 15.4. The molecule has 0 aromatic carbocycles. The Balaban J connectivity index is 2.68. The number of aliphatic hydroxyl groups excluding tert-OH is 2. The topological polar surface area (TPSA) is 98.0 Å². The van der Waals surface area contributed by atoms with Crippen LogP contribution in [0.1, 0.15) is 51.9 Å². The average Bonchev–Trinajstić information content (AvgIpc) is 2.81. The van der Waals surface area contributed by atoms with Crippen LogP contribution in [0.4, 0.5) is 4.39 Å². The van der Waals surface area contributed by atoms with Gasteiger partial charge in [-0.05, 0) is 25.2 Å². The Hall–Kier alpha value is -1.50. The van der Waals surface area contributed by atoms with Crippen LogP contribution in [0.25, 0.3) is 0 Å². The van der Waals surface area contributed by atoms with E-state index in [1.807, 2.05) is 13.0 Å². The Bertz CT molecular complexity index is 530. The van der Waals surface area contributed by atoms with Crippen LogP contribution in [0.3, 0.4) is 0 Å². The number of aliphatic hydroxyl groups is 3. The molecule has 0 spiro atoms. The lowest BCUT2D eigenvalue weighted by atomic mass is 9.88. The molecule has 0 bridgehead atoms. The summed E-state index contributed by atoms with van der Waals surface area (Å²) in [6.07, 6.45) is 7.81. The Morgan fingerprint density at radius 3 is 2.54 bits per heavy atom. The largest absolute Gasteiger partial charge is 0.481 e. The Labute approximate surface area is 154 Å². The highest BCUT2D eigenvalue weighted by atomic mass is 19.1. The molecular formula is C20H31FO5. The summed E-state index contributed by atoms with van der Waals surface area (Å²) in [6, 6.07) is 0. The van der Waals surface area contributed by atoms with E-state index in [0.717, 1.165) is 0 Å². The number of carbonyl (C=O) groups is 1. The van der Waals surface area contributed by atoms with Gasteiger partial charge in [0.05, 0.1) is 12.2 Å². The molecule has 5 nitrogen and oxygen atoms in total. The van der Waals surface area contributed by atoms with E-state index in [9.17, 15) is 24.5 Å². The number of allylic oxidation sites excluding steroid dienone is 2. The molecule has 4 N–H and O–H groups in total. The van der Waals surface area contributed by atoms with Crippen LogP contribution in [0.5, 0.6) is 0 Å². The monoisotopic (exact) mass is 370 g/mol. The van der Waals surface area contributed by atoms with Crippen molar-refractivity contribution in [3.8, 4) is 0 Å². The van der Waals surface area contributed by atoms with Crippen LogP contribution < -0.4 is 0 Å². The third-order valence-electron chi connectivity index (χ3n) is 5.00. The van der Waals surface area contributed by atoms with Crippen LogP contribution in [0.15, 0.2) is 36.7 Å². The average molecular weight is 370 g/mol. The molecule has 0 aromatic heterocycles. The predicted molar refractivity (Wildman–Crippen MR) is 98.1 cm³/mol. The van der Waals surface area contributed by atoms with Crippen LogP contribution >= 0.6 is 0 Å². The van der Waals surface area contributed by atoms with Gasteiger partial charge in [-0.1, -0.05) is 44.2 Å². The van der Waals surface area contributed by atoms with Gasteiger partial charge < -0.3 is 20.4 Å². The number of aliphatic carboxylic acids is 1. The summed E-state index contributed by atoms with van der Waals surface area (Å²) in [5, 5.41) is 39.2. The fourth-order valence-electron chi connectivity index (χ4n) is 3.47. The highest BCUT2D eigenvalue weighted by molar-refractivity contribution is 5.66. The third-order valence-corrected chi connectivity index (χ3v) is 5.00. The quantitative estimate of drug-likeness (QED) is 0.419. The highest BCUT2D eigenvalue weighted by Crippen LogP contribution is 2.37. The van der Waals surface area contributed by atoms with Gasteiger partial charge >= 0.3 is 5.97 Å². The second-order valence-corrected chi connectivity index (χ2v) is 7.07. The molecule has 0 amide bonds. The highest BCUT2D eigenvalue weighted by Gasteiger charge is 2.39. The number of carboxylic acids is 1. The second kappa shape index (κ2) is 10.6. The van der Waals surface area contributed by atoms with Crippen molar-refractivity contribution in [1.29, 1.82) is 0 Å². The molecule has 0 radical (unpaired) electrons. The Morgan fingerprint density at radius 2 is 1.96 bits per heavy atom. The number of hydrogen-bond donors (Lipinski definition) is 4. The van der Waals surface area contributed by atoms with E-state index in [1.165, 1.54) is 0 Å². The molecule has 0 aliphatic heterocycles. The summed E-state index contributed by atoms with van der Waals surface area (Å²) >= 11 is 0. The maximum Gasteiger partial charge on any atom is 0.303 e. The van der Waals surface area contributed by atoms with Crippen LogP contribution in [-0.2, 0) is 4.79 Å². The van der Waals surface area contributed by atoms with Gasteiger partial charge in [0.25, 0.3) is 0 Å². The van der Waals surface area contributed by atoms with E-state index >= 15 is 0 Å². The first-order chi connectivity index (χ1) is 12.2. The van der Waals surface area contributed by atoms with E-state index in [4.69, 9.17) is 5.11 Å². The number of halogens is 1. The third kappa shape index (κ3) is 6.67. The normalized spacial score (nSPS) is 28.7. The summed E-state index contributed by atoms with van der Waals surface area (Å²) in [4.78, 5) is 10.5. The van der Waals surface area contributed by atoms with Gasteiger partial charge in [0, 0.05) is 25.2 Å². The smallest absolute Gasteiger partial charge is 0.303 e. The fraction of sp³-hybridized carbons (Fsp3) is 0.650. The molecule has 0 aromatic rings. The van der Waals surface area contributed by atoms with Gasteiger partial charge in [-0.3, -0.25) is 4.79 Å². The van der Waals surface area contributed by atoms with Crippen molar-refractivity contribution in [1.82, 2.24) is 0 Å². The van der Waals surface area contributed by atoms with Gasteiger partial charge in [0.1, 0.15) is 11.4 Å². The van der Waals surface area contributed by atoms with Crippen molar-refractivity contribution in [2.45, 2.75) is 69.7 Å². The Morgan fingerprint density at radius 1 is 1.27 bits per heavy atom. The van der Waals surface area contributed by atoms with Gasteiger partial charge in [-0.15, -0.1) is 0 Å². The van der Waals surface area contributed by atoms with E-state index in [1.54, 1.807) is 18.2 Å². The summed E-state index contributed by atoms with van der Waals surface area (Å²) in [6.45, 7) is 5.07. The van der Waals surface area contributed by atoms with Crippen molar-refractivity contribution in [3.63, 3.8) is 0 Å². The molecule has 0 heterocycles. The SMILES string of the molecule is C=C(F)C(O)(C/C=C/[C@@H]1[C@@H](C/C=C\CCC(=O)O)[C@H](O)C[C@H]1O)CCC. The molecule has 26 heavy (non-hydrogen) atoms. The molecule has 148 valence electrons. The standard InChI is InChI=1S/C20H31FO5/c1-3-11-20(26,14(2)21)12-7-9-16-15(17(22)13-18(16)23)8-5-4-6-10-19(24)25/h4-5,7,9,15-18,22-23,26H,2-3,6,8,10-13H2,1H3,(H,24,25)/b5-4-,9-7+/t15-,16-,17-,18-,20?/m1/s1. The molecule has 1 aliphatic rings. The number of hydrogen-bond acceptors (Lipinski definition) is 4. The molecule has 1 saturated carbocycles. The van der Waals surface area contributed by atoms with E-state index < -0.39 is 29.6 Å². The lowest BCUT2D eigenvalue weighted by molar-refractivity contribution is -0.136. The van der Waals surface area contributed by atoms with Crippen molar-refractivity contribution < 1.29 is 29.6 Å². The molecule has 0 saturated heterocycles.